The smallest absolute Gasteiger partial charge is 0.261 e. The fourth-order valence-electron chi connectivity index (χ4n) is 2.53. The van der Waals surface area contributed by atoms with Crippen LogP contribution in [0.2, 0.25) is 0 Å². The van der Waals surface area contributed by atoms with Gasteiger partial charge >= 0.3 is 0 Å². The Morgan fingerprint density at radius 3 is 2.27 bits per heavy atom. The van der Waals surface area contributed by atoms with Gasteiger partial charge in [0.15, 0.2) is 0 Å². The molecular weight excluding hydrogens is 312 g/mol. The Morgan fingerprint density at radius 1 is 1.09 bits per heavy atom. The molecule has 0 bridgehead atoms. The number of hydrogen-bond donors (Lipinski definition) is 2. The van der Waals surface area contributed by atoms with Gasteiger partial charge in [-0.25, -0.2) is 0 Å². The first-order valence-corrected chi connectivity index (χ1v) is 9.40. The number of morpholine rings is 2. The Hall–Kier alpha value is -0.290. The summed E-state index contributed by atoms with van der Waals surface area (Å²) in [5, 5.41) is 9.04. The van der Waals surface area contributed by atoms with Crippen LogP contribution in [-0.2, 0) is 19.6 Å². The quantitative estimate of drug-likeness (QED) is 0.609. The first-order valence-electron chi connectivity index (χ1n) is 7.55. The minimum Gasteiger partial charge on any atom is -0.395 e. The summed E-state index contributed by atoms with van der Waals surface area (Å²) < 4.78 is 36.7. The van der Waals surface area contributed by atoms with Crippen molar-refractivity contribution in [3.8, 4) is 0 Å². The molecule has 22 heavy (non-hydrogen) atoms. The molecule has 2 saturated heterocycles. The molecular formula is C13H28N2O6S. The lowest BCUT2D eigenvalue weighted by Gasteiger charge is -2.36. The molecule has 2 fully saturated rings. The van der Waals surface area contributed by atoms with Gasteiger partial charge in [-0.2, -0.15) is 8.42 Å². The number of rotatable bonds is 5. The van der Waals surface area contributed by atoms with Crippen LogP contribution in [0.5, 0.6) is 0 Å². The van der Waals surface area contributed by atoms with Crippen molar-refractivity contribution in [2.24, 2.45) is 0 Å². The maximum Gasteiger partial charge on any atom is 0.261 e. The third kappa shape index (κ3) is 9.67. The van der Waals surface area contributed by atoms with Gasteiger partial charge in [-0.3, -0.25) is 14.4 Å². The summed E-state index contributed by atoms with van der Waals surface area (Å²) in [6, 6.07) is 0.471. The predicted octanol–water partition coefficient (Wildman–Crippen LogP) is -1.09. The standard InChI is InChI=1S/C12H24N2O3.CH4O3S/c15-7-3-14-6-10-17-11-12(14)1-2-13-4-8-16-9-5-13;1-5(2,3)4/h12,15H,1-11H2;1H3,(H,2,3,4). The fraction of sp³-hybridized carbons (Fsp3) is 1.00. The van der Waals surface area contributed by atoms with Crippen LogP contribution in [0, 0.1) is 0 Å². The molecule has 8 nitrogen and oxygen atoms in total. The van der Waals surface area contributed by atoms with E-state index < -0.39 is 10.1 Å². The predicted molar refractivity (Wildman–Crippen MR) is 82.6 cm³/mol. The van der Waals surface area contributed by atoms with Crippen molar-refractivity contribution >= 4 is 10.1 Å². The fourth-order valence-corrected chi connectivity index (χ4v) is 2.53. The van der Waals surface area contributed by atoms with E-state index in [9.17, 15) is 8.42 Å². The Bertz CT molecular complexity index is 376. The highest BCUT2D eigenvalue weighted by atomic mass is 32.2. The normalized spacial score (nSPS) is 24.6. The molecule has 1 unspecified atom stereocenters. The van der Waals surface area contributed by atoms with E-state index in [0.717, 1.165) is 65.6 Å². The van der Waals surface area contributed by atoms with Crippen molar-refractivity contribution in [1.82, 2.24) is 9.80 Å². The van der Waals surface area contributed by atoms with E-state index in [1.54, 1.807) is 0 Å². The van der Waals surface area contributed by atoms with Gasteiger partial charge in [0.1, 0.15) is 0 Å². The molecule has 0 spiro atoms. The second-order valence-corrected chi connectivity index (χ2v) is 6.93. The molecule has 0 saturated carbocycles. The molecule has 0 amide bonds. The second-order valence-electron chi connectivity index (χ2n) is 5.46. The Labute approximate surface area is 132 Å². The summed E-state index contributed by atoms with van der Waals surface area (Å²) in [5.74, 6) is 0. The molecule has 2 aliphatic rings. The molecule has 0 aliphatic carbocycles. The first-order chi connectivity index (χ1) is 10.4. The first kappa shape index (κ1) is 19.8. The number of ether oxygens (including phenoxy) is 2. The number of nitrogens with zero attached hydrogens (tertiary/aromatic N) is 2. The van der Waals surface area contributed by atoms with Gasteiger partial charge < -0.3 is 14.6 Å². The molecule has 0 aromatic heterocycles. The zero-order chi connectivity index (χ0) is 16.4. The highest BCUT2D eigenvalue weighted by Gasteiger charge is 2.23. The number of β-amino-alcohol motifs (C(OH)–C–C–N with tert-alkyl or cyclic N) is 1. The van der Waals surface area contributed by atoms with Crippen molar-refractivity contribution in [2.75, 3.05) is 72.0 Å². The van der Waals surface area contributed by atoms with Crippen LogP contribution in [0.15, 0.2) is 0 Å². The minimum absolute atomic E-state index is 0.244. The van der Waals surface area contributed by atoms with Crippen molar-refractivity contribution in [2.45, 2.75) is 12.5 Å². The van der Waals surface area contributed by atoms with Crippen LogP contribution in [-0.4, -0.2) is 106 Å². The van der Waals surface area contributed by atoms with E-state index in [0.29, 0.717) is 12.3 Å². The van der Waals surface area contributed by atoms with Gasteiger partial charge in [0.2, 0.25) is 0 Å². The second kappa shape index (κ2) is 10.5. The van der Waals surface area contributed by atoms with E-state index >= 15 is 0 Å². The van der Waals surface area contributed by atoms with E-state index in [1.807, 2.05) is 0 Å². The Kier molecular flexibility index (Phi) is 9.41. The number of aliphatic hydroxyl groups excluding tert-OH is 1. The van der Waals surface area contributed by atoms with Crippen LogP contribution in [0.1, 0.15) is 6.42 Å². The van der Waals surface area contributed by atoms with Crippen molar-refractivity contribution in [3.05, 3.63) is 0 Å². The van der Waals surface area contributed by atoms with Crippen molar-refractivity contribution < 1.29 is 27.6 Å². The van der Waals surface area contributed by atoms with Crippen LogP contribution in [0.3, 0.4) is 0 Å². The lowest BCUT2D eigenvalue weighted by Crippen LogP contribution is -2.48. The van der Waals surface area contributed by atoms with Gasteiger partial charge in [-0.05, 0) is 13.0 Å². The highest BCUT2D eigenvalue weighted by Crippen LogP contribution is 2.11. The van der Waals surface area contributed by atoms with E-state index in [1.165, 1.54) is 0 Å². The zero-order valence-electron chi connectivity index (χ0n) is 13.2. The maximum absolute atomic E-state index is 9.19. The Balaban J connectivity index is 0.000000422. The molecule has 0 aromatic carbocycles. The number of hydrogen-bond acceptors (Lipinski definition) is 7. The highest BCUT2D eigenvalue weighted by molar-refractivity contribution is 7.85. The summed E-state index contributed by atoms with van der Waals surface area (Å²) in [4.78, 5) is 4.80. The summed E-state index contributed by atoms with van der Waals surface area (Å²) >= 11 is 0. The molecule has 2 heterocycles. The van der Waals surface area contributed by atoms with Gasteiger partial charge in [0, 0.05) is 32.2 Å². The third-order valence-electron chi connectivity index (χ3n) is 3.62. The van der Waals surface area contributed by atoms with Crippen LogP contribution < -0.4 is 0 Å². The monoisotopic (exact) mass is 340 g/mol. The van der Waals surface area contributed by atoms with Gasteiger partial charge in [0.05, 0.1) is 39.3 Å². The van der Waals surface area contributed by atoms with Crippen molar-refractivity contribution in [3.63, 3.8) is 0 Å². The van der Waals surface area contributed by atoms with E-state index in [-0.39, 0.29) is 6.61 Å². The molecule has 2 N–H and O–H groups in total. The average molecular weight is 340 g/mol. The topological polar surface area (TPSA) is 99.5 Å². The minimum atomic E-state index is -3.67. The number of aliphatic hydroxyl groups is 1. The van der Waals surface area contributed by atoms with Gasteiger partial charge in [-0.15, -0.1) is 0 Å². The lowest BCUT2D eigenvalue weighted by molar-refractivity contribution is -0.0241. The van der Waals surface area contributed by atoms with Crippen molar-refractivity contribution in [1.29, 1.82) is 0 Å². The van der Waals surface area contributed by atoms with E-state index in [2.05, 4.69) is 9.80 Å². The van der Waals surface area contributed by atoms with Crippen LogP contribution in [0.4, 0.5) is 0 Å². The summed E-state index contributed by atoms with van der Waals surface area (Å²) in [5.41, 5.74) is 0. The SMILES string of the molecule is CS(=O)(=O)O.OCCN1CCOCC1CCN1CCOCC1. The van der Waals surface area contributed by atoms with Gasteiger partial charge in [-0.1, -0.05) is 0 Å². The summed E-state index contributed by atoms with van der Waals surface area (Å²) in [7, 11) is -3.67. The largest absolute Gasteiger partial charge is 0.395 e. The molecule has 2 rings (SSSR count). The zero-order valence-corrected chi connectivity index (χ0v) is 14.0. The summed E-state index contributed by atoms with van der Waals surface area (Å²) in [6.07, 6.45) is 1.84. The summed E-state index contributed by atoms with van der Waals surface area (Å²) in [6.45, 7) is 8.52. The molecule has 132 valence electrons. The molecule has 1 atom stereocenters. The molecule has 2 aliphatic heterocycles. The third-order valence-corrected chi connectivity index (χ3v) is 3.62. The average Bonchev–Trinajstić information content (AvgIpc) is 2.46. The Morgan fingerprint density at radius 2 is 1.68 bits per heavy atom. The van der Waals surface area contributed by atoms with Crippen LogP contribution in [0.25, 0.3) is 0 Å². The molecule has 0 radical (unpaired) electrons. The lowest BCUT2D eigenvalue weighted by atomic mass is 10.1. The van der Waals surface area contributed by atoms with E-state index in [4.69, 9.17) is 19.1 Å². The molecule has 0 aromatic rings. The van der Waals surface area contributed by atoms with Gasteiger partial charge in [0.25, 0.3) is 10.1 Å². The van der Waals surface area contributed by atoms with Crippen LogP contribution >= 0.6 is 0 Å². The molecule has 9 heteroatoms. The maximum atomic E-state index is 9.19.